The van der Waals surface area contributed by atoms with E-state index in [9.17, 15) is 9.90 Å². The molecule has 0 aromatic carbocycles. The Morgan fingerprint density at radius 3 is 2.72 bits per heavy atom. The number of ketones is 1. The van der Waals surface area contributed by atoms with Gasteiger partial charge < -0.3 is 15.3 Å². The van der Waals surface area contributed by atoms with Crippen molar-refractivity contribution < 1.29 is 14.7 Å². The van der Waals surface area contributed by atoms with Crippen LogP contribution in [0.25, 0.3) is 0 Å². The molecule has 1 saturated heterocycles. The molecule has 0 amide bonds. The van der Waals surface area contributed by atoms with Crippen molar-refractivity contribution in [2.45, 2.75) is 83.3 Å². The number of Topliss-reactive ketones (excluding diaryl/α,β-unsaturated/α-hetero) is 1. The van der Waals surface area contributed by atoms with Gasteiger partial charge in [-0.05, 0) is 62.8 Å². The zero-order valence-corrected chi connectivity index (χ0v) is 18.0. The van der Waals surface area contributed by atoms with Crippen LogP contribution in [0.4, 0.5) is 0 Å². The number of rotatable bonds is 2. The summed E-state index contributed by atoms with van der Waals surface area (Å²) in [4.78, 5) is 18.4. The lowest BCUT2D eigenvalue weighted by Crippen LogP contribution is -2.63. The summed E-state index contributed by atoms with van der Waals surface area (Å²) < 4.78 is 0. The topological polar surface area (TPSA) is 70.9 Å². The molecule has 4 aliphatic carbocycles. The second-order valence-electron chi connectivity index (χ2n) is 11.0. The second-order valence-corrected chi connectivity index (χ2v) is 11.0. The number of fused-ring (bicyclic) bond motifs is 5. The second kappa shape index (κ2) is 6.65. The van der Waals surface area contributed by atoms with Crippen molar-refractivity contribution in [1.82, 2.24) is 5.32 Å². The first-order valence-electron chi connectivity index (χ1n) is 11.6. The molecule has 0 aromatic rings. The van der Waals surface area contributed by atoms with Crippen LogP contribution in [0.5, 0.6) is 0 Å². The number of hydrogen-bond donors (Lipinski definition) is 2. The van der Waals surface area contributed by atoms with Crippen molar-refractivity contribution in [1.29, 1.82) is 0 Å². The van der Waals surface area contributed by atoms with Crippen molar-refractivity contribution in [3.8, 4) is 0 Å². The van der Waals surface area contributed by atoms with Gasteiger partial charge in [0.2, 0.25) is 0 Å². The van der Waals surface area contributed by atoms with Gasteiger partial charge in [0.1, 0.15) is 11.9 Å². The van der Waals surface area contributed by atoms with Crippen molar-refractivity contribution in [2.24, 2.45) is 33.7 Å². The molecule has 5 fully saturated rings. The average molecular weight is 401 g/mol. The molecule has 5 nitrogen and oxygen atoms in total. The number of hydrogen-bond acceptors (Lipinski definition) is 5. The van der Waals surface area contributed by atoms with E-state index in [4.69, 9.17) is 4.84 Å². The van der Waals surface area contributed by atoms with Gasteiger partial charge in [-0.25, -0.2) is 0 Å². The lowest BCUT2D eigenvalue weighted by Gasteiger charge is -2.63. The molecule has 5 rings (SSSR count). The first-order chi connectivity index (χ1) is 13.8. The summed E-state index contributed by atoms with van der Waals surface area (Å²) in [5.74, 6) is 1.66. The number of aliphatic hydroxyl groups is 1. The highest BCUT2D eigenvalue weighted by Crippen LogP contribution is 2.67. The predicted molar refractivity (Wildman–Crippen MR) is 113 cm³/mol. The molecule has 4 saturated carbocycles. The minimum Gasteiger partial charge on any atom is -0.391 e. The molecule has 5 aliphatic rings. The quantitative estimate of drug-likeness (QED) is 0.549. The summed E-state index contributed by atoms with van der Waals surface area (Å²) in [6, 6.07) is 0. The van der Waals surface area contributed by atoms with Gasteiger partial charge in [0.05, 0.1) is 11.3 Å². The lowest BCUT2D eigenvalue weighted by molar-refractivity contribution is -0.170. The standard InChI is InChI=1S/C24H36N2O3/c1-15-12-24(28)13-16(26-29-17-8-11-25-14-17)6-10-23(24,3)19-7-9-22(2)18(21(15)19)4-5-20(22)27/h17-19,21,25,28H,1,4-14H2,2-3H3/t17?,18-,19+,21-,22-,23+,24?/m0/s1. The van der Waals surface area contributed by atoms with Crippen molar-refractivity contribution >= 4 is 11.5 Å². The van der Waals surface area contributed by atoms with Gasteiger partial charge >= 0.3 is 0 Å². The van der Waals surface area contributed by atoms with E-state index in [1.807, 2.05) is 0 Å². The van der Waals surface area contributed by atoms with E-state index in [0.29, 0.717) is 36.4 Å². The molecule has 2 N–H and O–H groups in total. The van der Waals surface area contributed by atoms with Gasteiger partial charge in [-0.3, -0.25) is 4.79 Å². The fourth-order valence-corrected chi connectivity index (χ4v) is 7.70. The summed E-state index contributed by atoms with van der Waals surface area (Å²) in [6.45, 7) is 10.8. The smallest absolute Gasteiger partial charge is 0.141 e. The van der Waals surface area contributed by atoms with Crippen LogP contribution in [0, 0.1) is 28.6 Å². The average Bonchev–Trinajstić information content (AvgIpc) is 3.30. The summed E-state index contributed by atoms with van der Waals surface area (Å²) in [5, 5.41) is 19.7. The molecule has 0 bridgehead atoms. The van der Waals surface area contributed by atoms with Crippen molar-refractivity contribution in [3.63, 3.8) is 0 Å². The van der Waals surface area contributed by atoms with Crippen LogP contribution in [-0.4, -0.2) is 41.4 Å². The van der Waals surface area contributed by atoms with E-state index in [0.717, 1.165) is 63.7 Å². The van der Waals surface area contributed by atoms with E-state index in [-0.39, 0.29) is 16.9 Å². The molecule has 5 heteroatoms. The zero-order valence-electron chi connectivity index (χ0n) is 18.0. The number of carbonyl (C=O) groups excluding carboxylic acids is 1. The highest BCUT2D eigenvalue weighted by Gasteiger charge is 2.65. The summed E-state index contributed by atoms with van der Waals surface area (Å²) in [7, 11) is 0. The van der Waals surface area contributed by atoms with Crippen LogP contribution < -0.4 is 5.32 Å². The molecular formula is C24H36N2O3. The molecule has 0 aromatic heterocycles. The third kappa shape index (κ3) is 2.79. The highest BCUT2D eigenvalue weighted by molar-refractivity contribution is 5.88. The Bertz CT molecular complexity index is 757. The fourth-order valence-electron chi connectivity index (χ4n) is 7.70. The van der Waals surface area contributed by atoms with Crippen LogP contribution >= 0.6 is 0 Å². The van der Waals surface area contributed by atoms with Gasteiger partial charge in [-0.15, -0.1) is 0 Å². The maximum absolute atomic E-state index is 12.6. The molecule has 1 aliphatic heterocycles. The molecule has 0 radical (unpaired) electrons. The molecule has 1 heterocycles. The van der Waals surface area contributed by atoms with E-state index >= 15 is 0 Å². The van der Waals surface area contributed by atoms with E-state index in [1.165, 1.54) is 5.57 Å². The molecular weight excluding hydrogens is 364 g/mol. The van der Waals surface area contributed by atoms with Gasteiger partial charge in [0, 0.05) is 36.6 Å². The third-order valence-corrected chi connectivity index (χ3v) is 9.63. The first kappa shape index (κ1) is 19.7. The van der Waals surface area contributed by atoms with Gasteiger partial charge in [-0.1, -0.05) is 31.2 Å². The fraction of sp³-hybridized carbons (Fsp3) is 0.833. The Morgan fingerprint density at radius 2 is 1.97 bits per heavy atom. The van der Waals surface area contributed by atoms with Gasteiger partial charge in [0.15, 0.2) is 0 Å². The summed E-state index contributed by atoms with van der Waals surface area (Å²) >= 11 is 0. The minimum absolute atomic E-state index is 0.139. The summed E-state index contributed by atoms with van der Waals surface area (Å²) in [5.41, 5.74) is 1.07. The van der Waals surface area contributed by atoms with Crippen LogP contribution in [0.15, 0.2) is 17.3 Å². The maximum Gasteiger partial charge on any atom is 0.141 e. The van der Waals surface area contributed by atoms with Crippen molar-refractivity contribution in [3.05, 3.63) is 12.2 Å². The SMILES string of the molecule is C=C1CC2(O)CC(=NOC3CCNC3)CC[C@]2(C)[C@@H]2CC[C@]3(C)C(=O)CC[C@H]3[C@H]12. The van der Waals surface area contributed by atoms with Crippen LogP contribution in [0.3, 0.4) is 0 Å². The van der Waals surface area contributed by atoms with Crippen LogP contribution in [0.1, 0.15) is 71.6 Å². The van der Waals surface area contributed by atoms with Crippen LogP contribution in [0.2, 0.25) is 0 Å². The number of nitrogens with one attached hydrogen (secondary N) is 1. The lowest BCUT2D eigenvalue weighted by atomic mass is 9.43. The predicted octanol–water partition coefficient (Wildman–Crippen LogP) is 3.61. The highest BCUT2D eigenvalue weighted by atomic mass is 16.6. The first-order valence-corrected chi connectivity index (χ1v) is 11.6. The monoisotopic (exact) mass is 400 g/mol. The Morgan fingerprint density at radius 1 is 1.14 bits per heavy atom. The Kier molecular flexibility index (Phi) is 4.53. The Labute approximate surface area is 174 Å². The Hall–Kier alpha value is -1.20. The Balaban J connectivity index is 1.39. The van der Waals surface area contributed by atoms with E-state index in [1.54, 1.807) is 0 Å². The van der Waals surface area contributed by atoms with Crippen LogP contribution in [-0.2, 0) is 9.63 Å². The number of nitrogens with zero attached hydrogens (tertiary/aromatic N) is 1. The number of carbonyl (C=O) groups is 1. The zero-order chi connectivity index (χ0) is 20.4. The molecule has 7 atom stereocenters. The van der Waals surface area contributed by atoms with E-state index < -0.39 is 5.60 Å². The van der Waals surface area contributed by atoms with E-state index in [2.05, 4.69) is 30.9 Å². The third-order valence-electron chi connectivity index (χ3n) is 9.63. The van der Waals surface area contributed by atoms with Gasteiger partial charge in [-0.2, -0.15) is 0 Å². The maximum atomic E-state index is 12.6. The summed E-state index contributed by atoms with van der Waals surface area (Å²) in [6.07, 6.45) is 7.94. The van der Waals surface area contributed by atoms with Crippen molar-refractivity contribution in [2.75, 3.05) is 13.1 Å². The molecule has 29 heavy (non-hydrogen) atoms. The molecule has 2 unspecified atom stereocenters. The van der Waals surface area contributed by atoms with Gasteiger partial charge in [0.25, 0.3) is 0 Å². The number of oxime groups is 1. The normalized spacial score (nSPS) is 50.9. The molecule has 160 valence electrons. The molecule has 0 spiro atoms. The largest absolute Gasteiger partial charge is 0.391 e. The minimum atomic E-state index is -0.796.